The fourth-order valence-electron chi connectivity index (χ4n) is 15.7. The lowest BCUT2D eigenvalue weighted by Crippen LogP contribution is -2.19. The van der Waals surface area contributed by atoms with Crippen LogP contribution in [-0.4, -0.2) is 97.7 Å². The number of nitrogens with one attached hydrogen (secondary N) is 4. The molecule has 0 saturated heterocycles. The van der Waals surface area contributed by atoms with Crippen LogP contribution in [-0.2, 0) is 0 Å². The number of aromatic nitrogens is 4. The van der Waals surface area contributed by atoms with Gasteiger partial charge in [-0.3, -0.25) is 0 Å². The van der Waals surface area contributed by atoms with Crippen molar-refractivity contribution in [3.63, 3.8) is 0 Å². The monoisotopic (exact) mass is 1630 g/mol. The zero-order valence-corrected chi connectivity index (χ0v) is 75.0. The lowest BCUT2D eigenvalue weighted by atomic mass is 10.0. The number of H-pyrrole nitrogens is 4. The van der Waals surface area contributed by atoms with Crippen LogP contribution in [0.5, 0.6) is 57.5 Å². The molecule has 15 nitrogen and oxygen atoms in total. The van der Waals surface area contributed by atoms with Crippen molar-refractivity contribution in [1.82, 2.24) is 19.9 Å². The van der Waals surface area contributed by atoms with E-state index in [2.05, 4.69) is 191 Å². The third-order valence-electron chi connectivity index (χ3n) is 22.6. The Morgan fingerprint density at radius 2 is 0.412 bits per heavy atom. The first-order chi connectivity index (χ1) is 58.7. The number of benzene rings is 4. The summed E-state index contributed by atoms with van der Waals surface area (Å²) in [7, 11) is 0. The summed E-state index contributed by atoms with van der Waals surface area (Å²) in [6.45, 7) is 26.0. The Bertz CT molecular complexity index is 4300. The van der Waals surface area contributed by atoms with E-state index >= 15 is 0 Å². The fourth-order valence-corrected chi connectivity index (χ4v) is 15.7. The van der Waals surface area contributed by atoms with Gasteiger partial charge in [0, 0.05) is 73.1 Å². The SMILES string of the molecule is CCCCCCOc1cc(C2=c3ccc([nH]3)=C(c3ccc(OCCCCCCO)cc3)c3ccc([nH]3)C(c3cc(OCCCCCC)c(OCCCCCC)c(OCCCCCC)c3)=c3ccc([nH]3)=C(c3cc(OCCCCCC)c(OCCCCCC)c(OCCCCCC)c3)c3ccc2[nH]3)cc(OCCCCCC)c1OCCCCCC. The summed E-state index contributed by atoms with van der Waals surface area (Å²) in [6, 6.07) is 39.6. The zero-order valence-electron chi connectivity index (χ0n) is 75.0. The molecule has 0 aliphatic carbocycles. The lowest BCUT2D eigenvalue weighted by Gasteiger charge is -2.20. The van der Waals surface area contributed by atoms with Gasteiger partial charge in [0.15, 0.2) is 34.5 Å². The molecule has 0 spiro atoms. The van der Waals surface area contributed by atoms with Crippen molar-refractivity contribution in [2.24, 2.45) is 0 Å². The van der Waals surface area contributed by atoms with Crippen molar-refractivity contribution in [1.29, 1.82) is 0 Å². The van der Waals surface area contributed by atoms with Crippen molar-refractivity contribution in [3.8, 4) is 57.5 Å². The fraction of sp³-hybridized carbons (Fsp3) is 0.577. The molecule has 0 radical (unpaired) electrons. The normalized spacial score (nSPS) is 12.1. The minimum atomic E-state index is 0.209. The van der Waals surface area contributed by atoms with Gasteiger partial charge in [-0.2, -0.15) is 0 Å². The van der Waals surface area contributed by atoms with Crippen molar-refractivity contribution in [2.45, 2.75) is 319 Å². The van der Waals surface area contributed by atoms with Crippen LogP contribution in [0.25, 0.3) is 22.3 Å². The van der Waals surface area contributed by atoms with E-state index in [1.165, 1.54) is 0 Å². The molecular weight excluding hydrogens is 1480 g/mol. The number of unbranched alkanes of at least 4 members (excludes halogenated alkanes) is 30. The molecule has 9 rings (SSSR count). The van der Waals surface area contributed by atoms with Crippen LogP contribution in [0.15, 0.2) is 109 Å². The van der Waals surface area contributed by atoms with E-state index < -0.39 is 0 Å². The maximum Gasteiger partial charge on any atom is 0.203 e. The predicted octanol–water partition coefficient (Wildman–Crippen LogP) is 24.9. The molecule has 0 atom stereocenters. The van der Waals surface area contributed by atoms with E-state index in [1.54, 1.807) is 0 Å². The maximum atomic E-state index is 9.51. The van der Waals surface area contributed by atoms with Crippen LogP contribution in [0.3, 0.4) is 0 Å². The van der Waals surface area contributed by atoms with Gasteiger partial charge in [-0.15, -0.1) is 0 Å². The second-order valence-corrected chi connectivity index (χ2v) is 32.7. The molecule has 15 heteroatoms. The highest BCUT2D eigenvalue weighted by molar-refractivity contribution is 5.87. The first kappa shape index (κ1) is 94.3. The molecule has 5 heterocycles. The van der Waals surface area contributed by atoms with Gasteiger partial charge in [-0.05, 0) is 196 Å². The Labute approximate surface area is 715 Å². The Morgan fingerprint density at radius 3 is 0.647 bits per heavy atom. The van der Waals surface area contributed by atoms with Crippen molar-refractivity contribution in [3.05, 3.63) is 176 Å². The standard InChI is InChI=1S/C104H152N4O11/c1-10-19-28-40-64-111-92-73-80(74-93(112-65-41-29-20-11-2)102(92)117-70-46-34-25-16-7)99-86-56-54-84(105-86)98(79-50-52-83(53-51-79)110-63-49-38-37-39-62-109)85-55-57-87(106-85)100(81-75-94(113-66-42-30-21-12-3)103(118-71-47-35-26-17-8)95(76-81)114-67-43-31-22-13-4)89-59-61-91(108-89)101(90-60-58-88(99)107-90)82-77-96(115-68-44-32-23-14-5)104(119-72-48-36-27-18-9)97(78-82)116-69-45-33-24-15-6/h50-61,73-78,105-109H,10-49,62-72H2,1-9H3. The highest BCUT2D eigenvalue weighted by Gasteiger charge is 2.27. The minimum Gasteiger partial charge on any atom is -0.494 e. The molecule has 0 amide bonds. The Kier molecular flexibility index (Phi) is 43.9. The molecular formula is C104H152N4O11. The van der Waals surface area contributed by atoms with Crippen molar-refractivity contribution < 1.29 is 52.5 Å². The number of rotatable bonds is 65. The molecule has 1 aliphatic heterocycles. The molecule has 8 aromatic rings. The summed E-state index contributed by atoms with van der Waals surface area (Å²) in [6.07, 6.45) is 42.1. The van der Waals surface area contributed by atoms with Gasteiger partial charge in [-0.1, -0.05) is 254 Å². The number of fused-ring (bicyclic) bond motifs is 8. The summed E-state index contributed by atoms with van der Waals surface area (Å²) in [4.78, 5) is 16.6. The van der Waals surface area contributed by atoms with Crippen molar-refractivity contribution in [2.75, 3.05) is 72.7 Å². The highest BCUT2D eigenvalue weighted by Crippen LogP contribution is 2.46. The average Bonchev–Trinajstić information content (AvgIpc) is 1.68. The summed E-state index contributed by atoms with van der Waals surface area (Å²) >= 11 is 0. The quantitative estimate of drug-likeness (QED) is 0.0229. The molecule has 119 heavy (non-hydrogen) atoms. The minimum absolute atomic E-state index is 0.209. The molecule has 4 aromatic heterocycles. The Hall–Kier alpha value is -8.56. The summed E-state index contributed by atoms with van der Waals surface area (Å²) in [5.41, 5.74) is 11.0. The van der Waals surface area contributed by atoms with E-state index in [1.807, 2.05) is 0 Å². The molecule has 0 unspecified atom stereocenters. The molecule has 654 valence electrons. The van der Waals surface area contributed by atoms with E-state index in [0.717, 1.165) is 351 Å². The number of hydrogen-bond donors (Lipinski definition) is 5. The first-order valence-corrected chi connectivity index (χ1v) is 47.5. The van der Waals surface area contributed by atoms with Crippen LogP contribution in [0, 0.1) is 0 Å². The van der Waals surface area contributed by atoms with Crippen LogP contribution >= 0.6 is 0 Å². The van der Waals surface area contributed by atoms with E-state index in [4.69, 9.17) is 47.4 Å². The third kappa shape index (κ3) is 30.2. The van der Waals surface area contributed by atoms with Gasteiger partial charge in [0.1, 0.15) is 5.75 Å². The molecule has 5 N–H and O–H groups in total. The van der Waals surface area contributed by atoms with E-state index in [-0.39, 0.29) is 6.61 Å². The number of aliphatic hydroxyl groups excluding tert-OH is 1. The molecule has 0 saturated carbocycles. The second-order valence-electron chi connectivity index (χ2n) is 32.7. The molecule has 8 bridgehead atoms. The maximum absolute atomic E-state index is 9.51. The van der Waals surface area contributed by atoms with Crippen LogP contribution in [0.2, 0.25) is 0 Å². The number of ether oxygens (including phenoxy) is 10. The van der Waals surface area contributed by atoms with Crippen LogP contribution < -0.4 is 68.8 Å². The molecule has 1 aliphatic rings. The van der Waals surface area contributed by atoms with Gasteiger partial charge in [0.05, 0.1) is 66.1 Å². The van der Waals surface area contributed by atoms with Crippen molar-refractivity contribution >= 4 is 22.3 Å². The molecule has 4 aromatic carbocycles. The smallest absolute Gasteiger partial charge is 0.203 e. The topological polar surface area (TPSA) is 176 Å². The van der Waals surface area contributed by atoms with E-state index in [0.29, 0.717) is 118 Å². The summed E-state index contributed by atoms with van der Waals surface area (Å²) in [5.74, 6) is 6.80. The highest BCUT2D eigenvalue weighted by atomic mass is 16.6. The van der Waals surface area contributed by atoms with Gasteiger partial charge in [0.2, 0.25) is 17.2 Å². The number of aliphatic hydroxyl groups is 1. The van der Waals surface area contributed by atoms with Gasteiger partial charge < -0.3 is 72.4 Å². The van der Waals surface area contributed by atoms with Crippen LogP contribution in [0.4, 0.5) is 0 Å². The van der Waals surface area contributed by atoms with Gasteiger partial charge in [-0.25, -0.2) is 0 Å². The lowest BCUT2D eigenvalue weighted by molar-refractivity contribution is 0.234. The average molecular weight is 1630 g/mol. The number of hydrogen-bond acceptors (Lipinski definition) is 11. The largest absolute Gasteiger partial charge is 0.494 e. The molecule has 0 fully saturated rings. The van der Waals surface area contributed by atoms with E-state index in [9.17, 15) is 5.11 Å². The van der Waals surface area contributed by atoms with Gasteiger partial charge in [0.25, 0.3) is 0 Å². The predicted molar refractivity (Wildman–Crippen MR) is 492 cm³/mol. The third-order valence-corrected chi connectivity index (χ3v) is 22.6. The first-order valence-electron chi connectivity index (χ1n) is 47.5. The summed E-state index contributed by atoms with van der Waals surface area (Å²) < 4.78 is 69.8. The summed E-state index contributed by atoms with van der Waals surface area (Å²) in [5, 5.41) is 13.0. The van der Waals surface area contributed by atoms with Gasteiger partial charge >= 0.3 is 0 Å². The Balaban J connectivity index is 1.41. The number of aromatic amines is 4. The zero-order chi connectivity index (χ0) is 83.7. The van der Waals surface area contributed by atoms with Crippen LogP contribution in [0.1, 0.15) is 364 Å². The second kappa shape index (κ2) is 55.4. The Morgan fingerprint density at radius 1 is 0.202 bits per heavy atom.